The van der Waals surface area contributed by atoms with E-state index in [1.54, 1.807) is 25.0 Å². The van der Waals surface area contributed by atoms with Crippen LogP contribution >= 0.6 is 0 Å². The van der Waals surface area contributed by atoms with Gasteiger partial charge in [0.05, 0.1) is 43.7 Å². The van der Waals surface area contributed by atoms with Gasteiger partial charge in [-0.3, -0.25) is 10.2 Å². The number of carbonyl (C=O) groups is 1. The van der Waals surface area contributed by atoms with E-state index in [1.807, 2.05) is 33.0 Å². The summed E-state index contributed by atoms with van der Waals surface area (Å²) in [5, 5.41) is 8.94. The van der Waals surface area contributed by atoms with Crippen molar-refractivity contribution < 1.29 is 23.4 Å². The van der Waals surface area contributed by atoms with Crippen LogP contribution in [0.5, 0.6) is 17.2 Å². The molecule has 1 spiro atoms. The summed E-state index contributed by atoms with van der Waals surface area (Å²) in [5.41, 5.74) is 2.43. The molecule has 0 saturated heterocycles. The van der Waals surface area contributed by atoms with Crippen molar-refractivity contribution in [2.24, 2.45) is 0 Å². The number of rotatable bonds is 10. The fourth-order valence-electron chi connectivity index (χ4n) is 5.37. The maximum Gasteiger partial charge on any atom is 0.197 e. The van der Waals surface area contributed by atoms with E-state index in [0.717, 1.165) is 36.4 Å². The molecule has 2 aromatic rings. The van der Waals surface area contributed by atoms with Gasteiger partial charge in [0.25, 0.3) is 0 Å². The molecule has 206 valence electrons. The van der Waals surface area contributed by atoms with E-state index in [1.165, 1.54) is 0 Å². The smallest absolute Gasteiger partial charge is 0.197 e. The molecular weight excluding hydrogens is 485 g/mol. The number of anilines is 1. The zero-order chi connectivity index (χ0) is 28.0. The summed E-state index contributed by atoms with van der Waals surface area (Å²) in [6.45, 7) is 13.3. The number of hydrogen-bond donors (Lipinski definition) is 1. The maximum atomic E-state index is 15.8. The topological polar surface area (TPSA) is 75.1 Å². The number of methoxy groups -OCH3 is 1. The van der Waals surface area contributed by atoms with E-state index in [4.69, 9.17) is 19.6 Å². The molecule has 38 heavy (non-hydrogen) atoms. The molecule has 0 radical (unpaired) electrons. The van der Waals surface area contributed by atoms with E-state index in [9.17, 15) is 4.79 Å². The number of fused-ring (bicyclic) bond motifs is 2. The molecule has 1 N–H and O–H groups in total. The molecule has 7 nitrogen and oxygen atoms in total. The molecule has 8 heteroatoms. The third kappa shape index (κ3) is 4.48. The van der Waals surface area contributed by atoms with Gasteiger partial charge in [-0.2, -0.15) is 0 Å². The summed E-state index contributed by atoms with van der Waals surface area (Å²) in [6, 6.07) is 5.58. The van der Waals surface area contributed by atoms with Gasteiger partial charge in [0, 0.05) is 24.7 Å². The van der Waals surface area contributed by atoms with Crippen LogP contribution in [0.15, 0.2) is 18.2 Å². The van der Waals surface area contributed by atoms with E-state index in [0.29, 0.717) is 23.5 Å². The van der Waals surface area contributed by atoms with Crippen molar-refractivity contribution >= 4 is 17.3 Å². The number of hydrogen-bond acceptors (Lipinski definition) is 6. The lowest BCUT2D eigenvalue weighted by Crippen LogP contribution is -2.38. The third-order valence-corrected chi connectivity index (χ3v) is 7.62. The Kier molecular flexibility index (Phi) is 7.38. The Labute approximate surface area is 225 Å². The number of benzene rings is 2. The molecule has 1 heterocycles. The first kappa shape index (κ1) is 27.7. The molecule has 0 unspecified atom stereocenters. The minimum absolute atomic E-state index is 0.0165. The van der Waals surface area contributed by atoms with Gasteiger partial charge in [0.2, 0.25) is 0 Å². The molecule has 1 saturated carbocycles. The van der Waals surface area contributed by atoms with Crippen LogP contribution in [0.2, 0.25) is 0 Å². The van der Waals surface area contributed by atoms with Crippen LogP contribution in [-0.4, -0.2) is 57.0 Å². The fraction of sp³-hybridized carbons (Fsp3) is 0.533. The molecule has 0 bridgehead atoms. The number of nitrogens with one attached hydrogen (secondary N) is 1. The summed E-state index contributed by atoms with van der Waals surface area (Å²) in [6.07, 6.45) is 1.49. The Hall–Kier alpha value is -3.29. The third-order valence-electron chi connectivity index (χ3n) is 7.62. The summed E-state index contributed by atoms with van der Waals surface area (Å²) < 4.78 is 32.9. The van der Waals surface area contributed by atoms with Crippen molar-refractivity contribution in [2.75, 3.05) is 45.4 Å². The van der Waals surface area contributed by atoms with Gasteiger partial charge < -0.3 is 24.0 Å². The van der Waals surface area contributed by atoms with E-state index in [-0.39, 0.29) is 41.5 Å². The first-order chi connectivity index (χ1) is 17.9. The van der Waals surface area contributed by atoms with Gasteiger partial charge in [-0.1, -0.05) is 20.8 Å². The highest BCUT2D eigenvalue weighted by Crippen LogP contribution is 2.59. The highest BCUT2D eigenvalue weighted by atomic mass is 19.1. The Morgan fingerprint density at radius 2 is 1.76 bits per heavy atom. The monoisotopic (exact) mass is 525 g/mol. The summed E-state index contributed by atoms with van der Waals surface area (Å²) in [5.74, 6) is 0.429. The first-order valence-corrected chi connectivity index (χ1v) is 13.4. The number of ether oxygens (including phenoxy) is 3. The van der Waals surface area contributed by atoms with Crippen LogP contribution in [0.1, 0.15) is 81.4 Å². The minimum atomic E-state index is -0.592. The molecule has 1 fully saturated rings. The van der Waals surface area contributed by atoms with Crippen molar-refractivity contribution in [3.8, 4) is 17.2 Å². The average molecular weight is 526 g/mol. The molecule has 0 aromatic heterocycles. The van der Waals surface area contributed by atoms with Crippen LogP contribution in [0.4, 0.5) is 10.1 Å². The molecule has 1 aliphatic heterocycles. The van der Waals surface area contributed by atoms with Crippen LogP contribution in [0, 0.1) is 11.2 Å². The summed E-state index contributed by atoms with van der Waals surface area (Å²) in [4.78, 5) is 17.7. The average Bonchev–Trinajstić information content (AvgIpc) is 3.64. The van der Waals surface area contributed by atoms with Gasteiger partial charge in [-0.15, -0.1) is 0 Å². The predicted octanol–water partition coefficient (Wildman–Crippen LogP) is 5.90. The Bertz CT molecular complexity index is 1260. The van der Waals surface area contributed by atoms with E-state index >= 15 is 4.39 Å². The molecule has 0 amide bonds. The van der Waals surface area contributed by atoms with Gasteiger partial charge in [0.15, 0.2) is 23.1 Å². The molecule has 4 rings (SSSR count). The molecule has 0 atom stereocenters. The summed E-state index contributed by atoms with van der Waals surface area (Å²) >= 11 is 0. The van der Waals surface area contributed by atoms with Crippen LogP contribution in [0.3, 0.4) is 0 Å². The Morgan fingerprint density at radius 3 is 2.29 bits per heavy atom. The van der Waals surface area contributed by atoms with Crippen molar-refractivity contribution in [3.05, 3.63) is 46.3 Å². The quantitative estimate of drug-likeness (QED) is 0.390. The first-order valence-electron chi connectivity index (χ1n) is 13.4. The Morgan fingerprint density at radius 1 is 1.11 bits per heavy atom. The normalized spacial score (nSPS) is 15.5. The highest BCUT2D eigenvalue weighted by Gasteiger charge is 2.58. The standard InChI is InChI=1S/C30H40FN3O4/c1-9-33(7)21-15-18(14-20(26(21)36-8)29(4,5)6)22(35)17-34-28(32)24-19(30(34)12-13-30)16-23(37-10-2)27(25(24)31)38-11-3/h14-16,32H,9-13,17H2,1-8H3. The lowest BCUT2D eigenvalue weighted by Gasteiger charge is -2.29. The van der Waals surface area contributed by atoms with Crippen molar-refractivity contribution in [1.29, 1.82) is 5.41 Å². The lowest BCUT2D eigenvalue weighted by atomic mass is 9.84. The van der Waals surface area contributed by atoms with Crippen molar-refractivity contribution in [1.82, 2.24) is 4.90 Å². The number of ketones is 1. The van der Waals surface area contributed by atoms with E-state index in [2.05, 4.69) is 25.7 Å². The maximum absolute atomic E-state index is 15.8. The van der Waals surface area contributed by atoms with Crippen LogP contribution < -0.4 is 19.1 Å². The number of halogens is 1. The largest absolute Gasteiger partial charge is 0.494 e. The van der Waals surface area contributed by atoms with Gasteiger partial charge in [0.1, 0.15) is 11.6 Å². The van der Waals surface area contributed by atoms with Gasteiger partial charge >= 0.3 is 0 Å². The molecule has 1 aliphatic carbocycles. The second-order valence-electron chi connectivity index (χ2n) is 11.0. The highest BCUT2D eigenvalue weighted by molar-refractivity contribution is 6.08. The molecule has 2 aromatic carbocycles. The fourth-order valence-corrected chi connectivity index (χ4v) is 5.37. The van der Waals surface area contributed by atoms with Gasteiger partial charge in [-0.05, 0) is 62.8 Å². The second-order valence-corrected chi connectivity index (χ2v) is 11.0. The van der Waals surface area contributed by atoms with Gasteiger partial charge in [-0.25, -0.2) is 4.39 Å². The van der Waals surface area contributed by atoms with Crippen LogP contribution in [-0.2, 0) is 11.0 Å². The van der Waals surface area contributed by atoms with E-state index < -0.39 is 11.4 Å². The SMILES string of the molecule is CCOc1cc2c(c(F)c1OCC)C(=N)N(CC(=O)c1cc(N(C)CC)c(OC)c(C(C)(C)C)c1)C21CC1. The van der Waals surface area contributed by atoms with Crippen molar-refractivity contribution in [3.63, 3.8) is 0 Å². The number of nitrogens with zero attached hydrogens (tertiary/aromatic N) is 2. The second kappa shape index (κ2) is 10.1. The number of Topliss-reactive ketones (excluding diaryl/α,β-unsaturated/α-hetero) is 1. The lowest BCUT2D eigenvalue weighted by molar-refractivity contribution is 0.0943. The molecular formula is C30H40FN3O4. The Balaban J connectivity index is 1.75. The number of amidine groups is 1. The summed E-state index contributed by atoms with van der Waals surface area (Å²) in [7, 11) is 3.62. The zero-order valence-electron chi connectivity index (χ0n) is 23.9. The van der Waals surface area contributed by atoms with Crippen LogP contribution in [0.25, 0.3) is 0 Å². The minimum Gasteiger partial charge on any atom is -0.494 e. The number of carbonyl (C=O) groups excluding carboxylic acids is 1. The van der Waals surface area contributed by atoms with Crippen molar-refractivity contribution in [2.45, 2.75) is 65.3 Å². The zero-order valence-corrected chi connectivity index (χ0v) is 23.9. The molecule has 2 aliphatic rings. The predicted molar refractivity (Wildman–Crippen MR) is 148 cm³/mol.